The zero-order chi connectivity index (χ0) is 22.5. The molecule has 1 heterocycles. The number of rotatable bonds is 7. The second-order valence-electron chi connectivity index (χ2n) is 7.40. The standard InChI is InChI=1S/C23H27BrN2O5/c1-4-28-18-11-14(10-17(24)21(18)31-15-8-6-7-9-15)20-16(12-25)22(26)30-13(3)19(20)23(27)29-5-2/h10-11,15,20H,4-9,26H2,1-3H3. The summed E-state index contributed by atoms with van der Waals surface area (Å²) in [5.41, 5.74) is 7.04. The van der Waals surface area contributed by atoms with Crippen LogP contribution in [0.2, 0.25) is 0 Å². The number of hydrogen-bond donors (Lipinski definition) is 1. The molecule has 0 saturated heterocycles. The van der Waals surface area contributed by atoms with Crippen molar-refractivity contribution in [2.75, 3.05) is 13.2 Å². The van der Waals surface area contributed by atoms with Crippen molar-refractivity contribution in [3.05, 3.63) is 45.0 Å². The SMILES string of the molecule is CCOC(=O)C1=C(C)OC(N)=C(C#N)C1c1cc(Br)c(OC2CCCC2)c(OCC)c1. The smallest absolute Gasteiger partial charge is 0.338 e. The van der Waals surface area contributed by atoms with Crippen LogP contribution in [0, 0.1) is 11.3 Å². The number of hydrogen-bond acceptors (Lipinski definition) is 7. The molecule has 1 aromatic carbocycles. The summed E-state index contributed by atoms with van der Waals surface area (Å²) < 4.78 is 23.5. The number of nitrogens with two attached hydrogens (primary N) is 1. The number of carbonyl (C=O) groups excluding carboxylic acids is 1. The third-order valence-electron chi connectivity index (χ3n) is 5.35. The van der Waals surface area contributed by atoms with E-state index in [2.05, 4.69) is 22.0 Å². The summed E-state index contributed by atoms with van der Waals surface area (Å²) >= 11 is 3.60. The lowest BCUT2D eigenvalue weighted by molar-refractivity contribution is -0.139. The predicted molar refractivity (Wildman–Crippen MR) is 118 cm³/mol. The molecule has 1 aromatic rings. The van der Waals surface area contributed by atoms with Crippen molar-refractivity contribution in [2.24, 2.45) is 5.73 Å². The van der Waals surface area contributed by atoms with Crippen LogP contribution in [0.1, 0.15) is 57.9 Å². The first-order chi connectivity index (χ1) is 14.9. The number of carbonyl (C=O) groups is 1. The second-order valence-corrected chi connectivity index (χ2v) is 8.26. The Hall–Kier alpha value is -2.66. The van der Waals surface area contributed by atoms with Gasteiger partial charge in [0.2, 0.25) is 5.88 Å². The maximum atomic E-state index is 12.8. The van der Waals surface area contributed by atoms with Gasteiger partial charge in [-0.05, 0) is 80.1 Å². The van der Waals surface area contributed by atoms with Gasteiger partial charge in [0.1, 0.15) is 17.4 Å². The van der Waals surface area contributed by atoms with Gasteiger partial charge in [-0.2, -0.15) is 5.26 Å². The van der Waals surface area contributed by atoms with Gasteiger partial charge in [-0.3, -0.25) is 0 Å². The van der Waals surface area contributed by atoms with Crippen molar-refractivity contribution in [1.82, 2.24) is 0 Å². The molecule has 31 heavy (non-hydrogen) atoms. The third-order valence-corrected chi connectivity index (χ3v) is 5.94. The Balaban J connectivity index is 2.11. The molecule has 7 nitrogen and oxygen atoms in total. The Bertz CT molecular complexity index is 957. The molecular weight excluding hydrogens is 464 g/mol. The lowest BCUT2D eigenvalue weighted by atomic mass is 9.83. The molecule has 1 saturated carbocycles. The molecule has 1 unspecified atom stereocenters. The fourth-order valence-corrected chi connectivity index (χ4v) is 4.55. The van der Waals surface area contributed by atoms with E-state index in [1.807, 2.05) is 13.0 Å². The van der Waals surface area contributed by atoms with E-state index < -0.39 is 11.9 Å². The lowest BCUT2D eigenvalue weighted by Crippen LogP contribution is -2.25. The highest BCUT2D eigenvalue weighted by atomic mass is 79.9. The first-order valence-electron chi connectivity index (χ1n) is 10.5. The average Bonchev–Trinajstić information content (AvgIpc) is 3.23. The number of nitrogens with zero attached hydrogens (tertiary/aromatic N) is 1. The molecule has 2 aliphatic rings. The number of ether oxygens (including phenoxy) is 4. The normalized spacial score (nSPS) is 19.1. The monoisotopic (exact) mass is 490 g/mol. The van der Waals surface area contributed by atoms with E-state index >= 15 is 0 Å². The van der Waals surface area contributed by atoms with Crippen molar-refractivity contribution in [3.63, 3.8) is 0 Å². The van der Waals surface area contributed by atoms with Crippen LogP contribution in [0.4, 0.5) is 0 Å². The first kappa shape index (κ1) is 23.0. The van der Waals surface area contributed by atoms with Crippen LogP contribution in [0.5, 0.6) is 11.5 Å². The number of benzene rings is 1. The van der Waals surface area contributed by atoms with Crippen LogP contribution in [-0.2, 0) is 14.3 Å². The van der Waals surface area contributed by atoms with Gasteiger partial charge >= 0.3 is 5.97 Å². The molecule has 3 rings (SSSR count). The van der Waals surface area contributed by atoms with Crippen LogP contribution in [0.3, 0.4) is 0 Å². The highest BCUT2D eigenvalue weighted by molar-refractivity contribution is 9.10. The van der Waals surface area contributed by atoms with Crippen molar-refractivity contribution in [3.8, 4) is 17.6 Å². The van der Waals surface area contributed by atoms with Gasteiger partial charge in [-0.1, -0.05) is 0 Å². The van der Waals surface area contributed by atoms with E-state index in [1.165, 1.54) is 0 Å². The van der Waals surface area contributed by atoms with Crippen molar-refractivity contribution in [1.29, 1.82) is 5.26 Å². The fraction of sp³-hybridized carbons (Fsp3) is 0.478. The summed E-state index contributed by atoms with van der Waals surface area (Å²) in [5.74, 6) is 0.151. The van der Waals surface area contributed by atoms with Gasteiger partial charge in [0.25, 0.3) is 0 Å². The predicted octanol–water partition coefficient (Wildman–Crippen LogP) is 4.81. The lowest BCUT2D eigenvalue weighted by Gasteiger charge is -2.28. The molecule has 0 amide bonds. The molecule has 0 spiro atoms. The van der Waals surface area contributed by atoms with Gasteiger partial charge in [-0.15, -0.1) is 0 Å². The molecule has 1 atom stereocenters. The summed E-state index contributed by atoms with van der Waals surface area (Å²) in [5, 5.41) is 9.78. The van der Waals surface area contributed by atoms with Crippen molar-refractivity contribution >= 4 is 21.9 Å². The quantitative estimate of drug-likeness (QED) is 0.546. The van der Waals surface area contributed by atoms with E-state index in [4.69, 9.17) is 24.7 Å². The molecule has 0 bridgehead atoms. The minimum Gasteiger partial charge on any atom is -0.490 e. The Labute approximate surface area is 190 Å². The van der Waals surface area contributed by atoms with Crippen molar-refractivity contribution < 1.29 is 23.7 Å². The Kier molecular flexibility index (Phi) is 7.50. The Morgan fingerprint density at radius 3 is 2.61 bits per heavy atom. The molecule has 1 fully saturated rings. The Morgan fingerprint density at radius 1 is 1.29 bits per heavy atom. The van der Waals surface area contributed by atoms with Crippen LogP contribution in [0.15, 0.2) is 39.4 Å². The minimum absolute atomic E-state index is 0.0292. The fourth-order valence-electron chi connectivity index (χ4n) is 3.99. The first-order valence-corrected chi connectivity index (χ1v) is 11.3. The summed E-state index contributed by atoms with van der Waals surface area (Å²) in [6.45, 7) is 5.89. The molecule has 2 N–H and O–H groups in total. The largest absolute Gasteiger partial charge is 0.490 e. The van der Waals surface area contributed by atoms with Gasteiger partial charge in [0.05, 0.1) is 35.3 Å². The molecule has 1 aliphatic carbocycles. The summed E-state index contributed by atoms with van der Waals surface area (Å²) in [4.78, 5) is 12.8. The van der Waals surface area contributed by atoms with Crippen LogP contribution >= 0.6 is 15.9 Å². The molecule has 8 heteroatoms. The number of halogens is 1. The average molecular weight is 491 g/mol. The van der Waals surface area contributed by atoms with E-state index in [1.54, 1.807) is 19.9 Å². The van der Waals surface area contributed by atoms with Crippen LogP contribution in [-0.4, -0.2) is 25.3 Å². The molecule has 0 radical (unpaired) electrons. The van der Waals surface area contributed by atoms with Crippen LogP contribution in [0.25, 0.3) is 0 Å². The summed E-state index contributed by atoms with van der Waals surface area (Å²) in [7, 11) is 0. The van der Waals surface area contributed by atoms with E-state index in [-0.39, 0.29) is 29.7 Å². The topological polar surface area (TPSA) is 104 Å². The van der Waals surface area contributed by atoms with Gasteiger partial charge in [0, 0.05) is 0 Å². The highest BCUT2D eigenvalue weighted by Gasteiger charge is 2.37. The van der Waals surface area contributed by atoms with Crippen LogP contribution < -0.4 is 15.2 Å². The zero-order valence-electron chi connectivity index (χ0n) is 18.0. The van der Waals surface area contributed by atoms with Crippen molar-refractivity contribution in [2.45, 2.75) is 58.5 Å². The molecular formula is C23H27BrN2O5. The third kappa shape index (κ3) is 4.82. The second kappa shape index (κ2) is 10.1. The molecule has 1 aliphatic heterocycles. The molecule has 166 valence electrons. The number of esters is 1. The number of allylic oxidation sites excluding steroid dienone is 2. The van der Waals surface area contributed by atoms with Gasteiger partial charge < -0.3 is 24.7 Å². The van der Waals surface area contributed by atoms with E-state index in [0.717, 1.165) is 25.7 Å². The zero-order valence-corrected chi connectivity index (χ0v) is 19.6. The summed E-state index contributed by atoms with van der Waals surface area (Å²) in [6.07, 6.45) is 4.45. The van der Waals surface area contributed by atoms with E-state index in [0.29, 0.717) is 33.9 Å². The Morgan fingerprint density at radius 2 is 2.00 bits per heavy atom. The summed E-state index contributed by atoms with van der Waals surface area (Å²) in [6, 6.07) is 5.72. The number of nitriles is 1. The maximum absolute atomic E-state index is 12.8. The highest BCUT2D eigenvalue weighted by Crippen LogP contribution is 2.46. The maximum Gasteiger partial charge on any atom is 0.338 e. The minimum atomic E-state index is -0.742. The van der Waals surface area contributed by atoms with E-state index in [9.17, 15) is 10.1 Å². The molecule has 0 aromatic heterocycles. The van der Waals surface area contributed by atoms with Gasteiger partial charge in [-0.25, -0.2) is 4.79 Å². The van der Waals surface area contributed by atoms with Gasteiger partial charge in [0.15, 0.2) is 11.5 Å².